The summed E-state index contributed by atoms with van der Waals surface area (Å²) in [7, 11) is 0. The molecule has 2 rings (SSSR count). The molecule has 1 fully saturated rings. The van der Waals surface area contributed by atoms with Crippen molar-refractivity contribution in [2.45, 2.75) is 57.7 Å². The Bertz CT molecular complexity index is 580. The van der Waals surface area contributed by atoms with E-state index in [9.17, 15) is 14.9 Å². The molecular weight excluding hydrogens is 298 g/mol. The van der Waals surface area contributed by atoms with E-state index in [1.54, 1.807) is 0 Å². The number of non-ortho nitro benzene ring substituents is 1. The average Bonchev–Trinajstić information content (AvgIpc) is 2.34. The quantitative estimate of drug-likeness (QED) is 0.659. The summed E-state index contributed by atoms with van der Waals surface area (Å²) in [5, 5.41) is 17.0. The highest BCUT2D eigenvalue weighted by molar-refractivity contribution is 5.70. The number of ether oxygens (including phenoxy) is 1. The molecule has 1 aliphatic heterocycles. The molecule has 7 heteroatoms. The first-order chi connectivity index (χ1) is 10.6. The molecule has 1 aliphatic rings. The zero-order valence-electron chi connectivity index (χ0n) is 13.9. The van der Waals surface area contributed by atoms with Crippen LogP contribution in [0.2, 0.25) is 0 Å². The fourth-order valence-electron chi connectivity index (χ4n) is 3.36. The minimum Gasteiger partial charge on any atom is -0.410 e. The highest BCUT2D eigenvalue weighted by Gasteiger charge is 2.38. The monoisotopic (exact) mass is 321 g/mol. The van der Waals surface area contributed by atoms with E-state index in [1.807, 2.05) is 0 Å². The molecule has 7 nitrogen and oxygen atoms in total. The standard InChI is InChI=1S/C16H23N3O4/c1-15(2)9-11(10-16(3,4)18-15)17-14(20)23-13-7-5-12(6-8-13)19(21)22/h5-8,11,18H,9-10H2,1-4H3,(H,17,20). The van der Waals surface area contributed by atoms with Gasteiger partial charge in [0.2, 0.25) is 0 Å². The smallest absolute Gasteiger partial charge is 0.410 e. The third kappa shape index (κ3) is 4.92. The number of carbonyl (C=O) groups is 1. The number of rotatable bonds is 3. The molecule has 1 aromatic rings. The SMILES string of the molecule is CC1(C)CC(NC(=O)Oc2ccc([N+](=O)[O-])cc2)CC(C)(C)N1. The number of nitrogens with one attached hydrogen (secondary N) is 2. The summed E-state index contributed by atoms with van der Waals surface area (Å²) >= 11 is 0. The van der Waals surface area contributed by atoms with Gasteiger partial charge < -0.3 is 15.4 Å². The molecule has 0 bridgehead atoms. The molecule has 1 aromatic carbocycles. The lowest BCUT2D eigenvalue weighted by atomic mass is 9.80. The first kappa shape index (κ1) is 17.2. The van der Waals surface area contributed by atoms with Crippen molar-refractivity contribution in [3.8, 4) is 5.75 Å². The number of nitrogens with zero attached hydrogens (tertiary/aromatic N) is 1. The predicted octanol–water partition coefficient (Wildman–Crippen LogP) is 2.99. The maximum Gasteiger partial charge on any atom is 0.412 e. The van der Waals surface area contributed by atoms with Crippen LogP contribution in [0, 0.1) is 10.1 Å². The minimum absolute atomic E-state index is 0.00629. The third-order valence-electron chi connectivity index (χ3n) is 3.77. The van der Waals surface area contributed by atoms with E-state index >= 15 is 0 Å². The Morgan fingerprint density at radius 1 is 1.22 bits per heavy atom. The zero-order chi connectivity index (χ0) is 17.3. The molecule has 0 spiro atoms. The number of amides is 1. The molecule has 126 valence electrons. The van der Waals surface area contributed by atoms with E-state index in [2.05, 4.69) is 38.3 Å². The molecule has 0 saturated carbocycles. The van der Waals surface area contributed by atoms with Gasteiger partial charge in [0.25, 0.3) is 5.69 Å². The Labute approximate surface area is 135 Å². The van der Waals surface area contributed by atoms with Crippen LogP contribution in [0.15, 0.2) is 24.3 Å². The number of nitro groups is 1. The maximum atomic E-state index is 12.0. The molecular formula is C16H23N3O4. The van der Waals surface area contributed by atoms with E-state index in [0.717, 1.165) is 12.8 Å². The number of carbonyl (C=O) groups excluding carboxylic acids is 1. The normalized spacial score (nSPS) is 19.8. The first-order valence-electron chi connectivity index (χ1n) is 7.58. The van der Waals surface area contributed by atoms with E-state index in [1.165, 1.54) is 24.3 Å². The van der Waals surface area contributed by atoms with Gasteiger partial charge in [0.1, 0.15) is 5.75 Å². The lowest BCUT2D eigenvalue weighted by molar-refractivity contribution is -0.384. The Balaban J connectivity index is 1.95. The van der Waals surface area contributed by atoms with Crippen molar-refractivity contribution in [2.24, 2.45) is 0 Å². The Hall–Kier alpha value is -2.15. The van der Waals surface area contributed by atoms with Gasteiger partial charge in [-0.3, -0.25) is 10.1 Å². The molecule has 1 amide bonds. The van der Waals surface area contributed by atoms with Gasteiger partial charge in [0.05, 0.1) is 4.92 Å². The molecule has 0 atom stereocenters. The van der Waals surface area contributed by atoms with Crippen molar-refractivity contribution in [3.05, 3.63) is 34.4 Å². The lowest BCUT2D eigenvalue weighted by Gasteiger charge is -2.46. The van der Waals surface area contributed by atoms with E-state index in [0.29, 0.717) is 0 Å². The highest BCUT2D eigenvalue weighted by atomic mass is 16.6. The largest absolute Gasteiger partial charge is 0.412 e. The van der Waals surface area contributed by atoms with Crippen molar-refractivity contribution >= 4 is 11.8 Å². The van der Waals surface area contributed by atoms with Crippen LogP contribution in [0.4, 0.5) is 10.5 Å². The molecule has 0 aliphatic carbocycles. The van der Waals surface area contributed by atoms with Crippen LogP contribution in [0.25, 0.3) is 0 Å². The second-order valence-corrected chi connectivity index (χ2v) is 7.28. The second kappa shape index (κ2) is 6.16. The fourth-order valence-corrected chi connectivity index (χ4v) is 3.36. The molecule has 0 aromatic heterocycles. The van der Waals surface area contributed by atoms with Crippen LogP contribution in [0.1, 0.15) is 40.5 Å². The van der Waals surface area contributed by atoms with Gasteiger partial charge in [-0.15, -0.1) is 0 Å². The summed E-state index contributed by atoms with van der Waals surface area (Å²) in [6, 6.07) is 5.44. The summed E-state index contributed by atoms with van der Waals surface area (Å²) in [6.07, 6.45) is 1.05. The van der Waals surface area contributed by atoms with Crippen LogP contribution in [-0.4, -0.2) is 28.1 Å². The second-order valence-electron chi connectivity index (χ2n) is 7.28. The first-order valence-corrected chi connectivity index (χ1v) is 7.58. The number of hydrogen-bond acceptors (Lipinski definition) is 5. The number of piperidine rings is 1. The van der Waals surface area contributed by atoms with Crippen LogP contribution < -0.4 is 15.4 Å². The van der Waals surface area contributed by atoms with Crippen molar-refractivity contribution in [2.75, 3.05) is 0 Å². The molecule has 1 heterocycles. The topological polar surface area (TPSA) is 93.5 Å². The van der Waals surface area contributed by atoms with Crippen molar-refractivity contribution in [3.63, 3.8) is 0 Å². The molecule has 1 saturated heterocycles. The highest BCUT2D eigenvalue weighted by Crippen LogP contribution is 2.28. The van der Waals surface area contributed by atoms with Crippen LogP contribution >= 0.6 is 0 Å². The summed E-state index contributed by atoms with van der Waals surface area (Å²) in [4.78, 5) is 22.1. The molecule has 2 N–H and O–H groups in total. The lowest BCUT2D eigenvalue weighted by Crippen LogP contribution is -2.62. The van der Waals surface area contributed by atoms with Crippen LogP contribution in [0.5, 0.6) is 5.75 Å². The van der Waals surface area contributed by atoms with Gasteiger partial charge in [0.15, 0.2) is 0 Å². The van der Waals surface area contributed by atoms with E-state index in [4.69, 9.17) is 4.74 Å². The minimum atomic E-state index is -0.544. The summed E-state index contributed by atoms with van der Waals surface area (Å²) in [5.41, 5.74) is -0.195. The van der Waals surface area contributed by atoms with Crippen molar-refractivity contribution < 1.29 is 14.5 Å². The maximum absolute atomic E-state index is 12.0. The molecule has 23 heavy (non-hydrogen) atoms. The zero-order valence-corrected chi connectivity index (χ0v) is 13.9. The summed E-state index contributed by atoms with van der Waals surface area (Å²) in [5.74, 6) is 0.278. The predicted molar refractivity (Wildman–Crippen MR) is 86.6 cm³/mol. The van der Waals surface area contributed by atoms with Gasteiger partial charge in [-0.2, -0.15) is 0 Å². The number of hydrogen-bond donors (Lipinski definition) is 2. The van der Waals surface area contributed by atoms with Gasteiger partial charge in [-0.05, 0) is 52.7 Å². The summed E-state index contributed by atoms with van der Waals surface area (Å²) in [6.45, 7) is 8.41. The van der Waals surface area contributed by atoms with Crippen LogP contribution in [-0.2, 0) is 0 Å². The molecule has 0 unspecified atom stereocenters. The Morgan fingerprint density at radius 2 is 1.74 bits per heavy atom. The average molecular weight is 321 g/mol. The fraction of sp³-hybridized carbons (Fsp3) is 0.562. The third-order valence-corrected chi connectivity index (χ3v) is 3.77. The van der Waals surface area contributed by atoms with Crippen molar-refractivity contribution in [1.82, 2.24) is 10.6 Å². The van der Waals surface area contributed by atoms with E-state index < -0.39 is 11.0 Å². The summed E-state index contributed by atoms with van der Waals surface area (Å²) < 4.78 is 5.20. The van der Waals surface area contributed by atoms with Crippen LogP contribution in [0.3, 0.4) is 0 Å². The van der Waals surface area contributed by atoms with E-state index in [-0.39, 0.29) is 28.6 Å². The van der Waals surface area contributed by atoms with Gasteiger partial charge in [-0.1, -0.05) is 0 Å². The van der Waals surface area contributed by atoms with Gasteiger partial charge in [0, 0.05) is 29.3 Å². The Kier molecular flexibility index (Phi) is 4.61. The molecule has 0 radical (unpaired) electrons. The number of nitro benzene ring substituents is 1. The van der Waals surface area contributed by atoms with Crippen molar-refractivity contribution in [1.29, 1.82) is 0 Å². The Morgan fingerprint density at radius 3 is 2.22 bits per heavy atom. The van der Waals surface area contributed by atoms with Gasteiger partial charge in [-0.25, -0.2) is 4.79 Å². The number of benzene rings is 1. The van der Waals surface area contributed by atoms with Gasteiger partial charge >= 0.3 is 6.09 Å².